The maximum Gasteiger partial charge on any atom is 0.0951 e. The van der Waals surface area contributed by atoms with E-state index in [1.807, 2.05) is 12.5 Å². The third-order valence-electron chi connectivity index (χ3n) is 4.60. The van der Waals surface area contributed by atoms with E-state index in [1.165, 1.54) is 25.0 Å². The van der Waals surface area contributed by atoms with Crippen molar-refractivity contribution in [1.29, 1.82) is 0 Å². The molecule has 1 fully saturated rings. The maximum atomic E-state index is 5.05. The number of rotatable bonds is 7. The summed E-state index contributed by atoms with van der Waals surface area (Å²) in [6, 6.07) is 0.631. The molecule has 108 valence electrons. The SMILES string of the molecule is CCC1CCC(n2cncc2CNCCOC)C1C. The van der Waals surface area contributed by atoms with E-state index < -0.39 is 0 Å². The van der Waals surface area contributed by atoms with Gasteiger partial charge >= 0.3 is 0 Å². The number of imidazole rings is 1. The van der Waals surface area contributed by atoms with Gasteiger partial charge in [0.05, 0.1) is 18.6 Å². The highest BCUT2D eigenvalue weighted by molar-refractivity contribution is 5.02. The van der Waals surface area contributed by atoms with Crippen molar-refractivity contribution in [3.05, 3.63) is 18.2 Å². The van der Waals surface area contributed by atoms with Crippen LogP contribution in [0.2, 0.25) is 0 Å². The summed E-state index contributed by atoms with van der Waals surface area (Å²) in [5, 5.41) is 3.41. The third kappa shape index (κ3) is 3.37. The Bertz CT molecular complexity index is 377. The molecule has 4 nitrogen and oxygen atoms in total. The number of hydrogen-bond donors (Lipinski definition) is 1. The van der Waals surface area contributed by atoms with E-state index >= 15 is 0 Å². The summed E-state index contributed by atoms with van der Waals surface area (Å²) in [5.74, 6) is 1.64. The van der Waals surface area contributed by atoms with Crippen LogP contribution in [0.1, 0.15) is 44.8 Å². The van der Waals surface area contributed by atoms with Crippen molar-refractivity contribution in [1.82, 2.24) is 14.9 Å². The highest BCUT2D eigenvalue weighted by atomic mass is 16.5. The number of nitrogens with one attached hydrogen (secondary N) is 1. The molecule has 1 N–H and O–H groups in total. The fraction of sp³-hybridized carbons (Fsp3) is 0.800. The van der Waals surface area contributed by atoms with Crippen molar-refractivity contribution in [3.8, 4) is 0 Å². The molecule has 1 aliphatic rings. The van der Waals surface area contributed by atoms with Crippen molar-refractivity contribution in [3.63, 3.8) is 0 Å². The zero-order chi connectivity index (χ0) is 13.7. The van der Waals surface area contributed by atoms with Gasteiger partial charge in [0.1, 0.15) is 0 Å². The first kappa shape index (κ1) is 14.5. The smallest absolute Gasteiger partial charge is 0.0951 e. The molecule has 1 aliphatic carbocycles. The molecule has 1 aromatic heterocycles. The zero-order valence-corrected chi connectivity index (χ0v) is 12.4. The average Bonchev–Trinajstić information content (AvgIpc) is 3.01. The molecule has 0 saturated heterocycles. The van der Waals surface area contributed by atoms with Crippen molar-refractivity contribution < 1.29 is 4.74 Å². The summed E-state index contributed by atoms with van der Waals surface area (Å²) in [4.78, 5) is 4.34. The second kappa shape index (κ2) is 7.06. The predicted molar refractivity (Wildman–Crippen MR) is 77.0 cm³/mol. The monoisotopic (exact) mass is 265 g/mol. The zero-order valence-electron chi connectivity index (χ0n) is 12.4. The Kier molecular flexibility index (Phi) is 5.40. The van der Waals surface area contributed by atoms with Crippen LogP contribution in [-0.2, 0) is 11.3 Å². The maximum absolute atomic E-state index is 5.05. The summed E-state index contributed by atoms with van der Waals surface area (Å²) in [5.41, 5.74) is 1.30. The van der Waals surface area contributed by atoms with Gasteiger partial charge in [0.15, 0.2) is 0 Å². The van der Waals surface area contributed by atoms with Crippen molar-refractivity contribution in [2.24, 2.45) is 11.8 Å². The molecule has 1 saturated carbocycles. The Morgan fingerprint density at radius 2 is 2.32 bits per heavy atom. The minimum absolute atomic E-state index is 0.631. The molecule has 0 amide bonds. The molecule has 3 unspecified atom stereocenters. The lowest BCUT2D eigenvalue weighted by Gasteiger charge is -2.23. The molecule has 2 rings (SSSR count). The van der Waals surface area contributed by atoms with Gasteiger partial charge in [-0.05, 0) is 24.7 Å². The number of methoxy groups -OCH3 is 1. The first-order valence-corrected chi connectivity index (χ1v) is 7.48. The van der Waals surface area contributed by atoms with Crippen LogP contribution in [0.3, 0.4) is 0 Å². The number of ether oxygens (including phenoxy) is 1. The standard InChI is InChI=1S/C15H27N3O/c1-4-13-5-6-15(12(13)2)18-11-17-10-14(18)9-16-7-8-19-3/h10-13,15-16H,4-9H2,1-3H3. The number of nitrogens with zero attached hydrogens (tertiary/aromatic N) is 2. The van der Waals surface area contributed by atoms with Crippen molar-refractivity contribution >= 4 is 0 Å². The van der Waals surface area contributed by atoms with E-state index in [2.05, 4.69) is 28.7 Å². The van der Waals surface area contributed by atoms with E-state index in [0.717, 1.165) is 31.5 Å². The molecule has 1 aromatic rings. The van der Waals surface area contributed by atoms with Crippen molar-refractivity contribution in [2.75, 3.05) is 20.3 Å². The Labute approximate surface area is 116 Å². The Balaban J connectivity index is 1.95. The van der Waals surface area contributed by atoms with Crippen LogP contribution < -0.4 is 5.32 Å². The van der Waals surface area contributed by atoms with Gasteiger partial charge in [0.2, 0.25) is 0 Å². The van der Waals surface area contributed by atoms with Gasteiger partial charge in [-0.25, -0.2) is 4.98 Å². The van der Waals surface area contributed by atoms with E-state index in [-0.39, 0.29) is 0 Å². The first-order chi connectivity index (χ1) is 9.27. The second-order valence-corrected chi connectivity index (χ2v) is 5.63. The lowest BCUT2D eigenvalue weighted by atomic mass is 9.93. The van der Waals surface area contributed by atoms with Crippen LogP contribution in [0.25, 0.3) is 0 Å². The van der Waals surface area contributed by atoms with E-state index in [1.54, 1.807) is 7.11 Å². The topological polar surface area (TPSA) is 39.1 Å². The minimum Gasteiger partial charge on any atom is -0.383 e. The summed E-state index contributed by atoms with van der Waals surface area (Å²) in [6.45, 7) is 7.23. The Morgan fingerprint density at radius 1 is 1.47 bits per heavy atom. The van der Waals surface area contributed by atoms with Gasteiger partial charge in [-0.3, -0.25) is 0 Å². The van der Waals surface area contributed by atoms with Crippen LogP contribution in [0.15, 0.2) is 12.5 Å². The fourth-order valence-corrected chi connectivity index (χ4v) is 3.35. The van der Waals surface area contributed by atoms with Crippen LogP contribution in [0.4, 0.5) is 0 Å². The molecule has 0 radical (unpaired) electrons. The molecule has 0 aliphatic heterocycles. The van der Waals surface area contributed by atoms with Gasteiger partial charge < -0.3 is 14.6 Å². The lowest BCUT2D eigenvalue weighted by molar-refractivity contribution is 0.198. The summed E-state index contributed by atoms with van der Waals surface area (Å²) >= 11 is 0. The van der Waals surface area contributed by atoms with Gasteiger partial charge in [-0.15, -0.1) is 0 Å². The molecule has 19 heavy (non-hydrogen) atoms. The molecule has 3 atom stereocenters. The molecular weight excluding hydrogens is 238 g/mol. The van der Waals surface area contributed by atoms with Gasteiger partial charge in [0.25, 0.3) is 0 Å². The van der Waals surface area contributed by atoms with E-state index in [9.17, 15) is 0 Å². The molecule has 0 bridgehead atoms. The van der Waals surface area contributed by atoms with E-state index in [4.69, 9.17) is 4.74 Å². The molecule has 4 heteroatoms. The second-order valence-electron chi connectivity index (χ2n) is 5.63. The Morgan fingerprint density at radius 3 is 3.00 bits per heavy atom. The minimum atomic E-state index is 0.631. The molecule has 0 aromatic carbocycles. The van der Waals surface area contributed by atoms with E-state index in [0.29, 0.717) is 6.04 Å². The number of hydrogen-bond acceptors (Lipinski definition) is 3. The van der Waals surface area contributed by atoms with Gasteiger partial charge in [0, 0.05) is 32.4 Å². The first-order valence-electron chi connectivity index (χ1n) is 7.48. The van der Waals surface area contributed by atoms with Gasteiger partial charge in [-0.2, -0.15) is 0 Å². The van der Waals surface area contributed by atoms with Crippen LogP contribution >= 0.6 is 0 Å². The highest BCUT2D eigenvalue weighted by Crippen LogP contribution is 2.42. The highest BCUT2D eigenvalue weighted by Gasteiger charge is 2.33. The average molecular weight is 265 g/mol. The summed E-state index contributed by atoms with van der Waals surface area (Å²) in [7, 11) is 1.73. The Hall–Kier alpha value is -0.870. The van der Waals surface area contributed by atoms with Crippen molar-refractivity contribution in [2.45, 2.75) is 45.7 Å². The fourth-order valence-electron chi connectivity index (χ4n) is 3.35. The van der Waals surface area contributed by atoms with Crippen LogP contribution in [0.5, 0.6) is 0 Å². The largest absolute Gasteiger partial charge is 0.383 e. The van der Waals surface area contributed by atoms with Gasteiger partial charge in [-0.1, -0.05) is 20.3 Å². The van der Waals surface area contributed by atoms with Crippen LogP contribution in [0, 0.1) is 11.8 Å². The summed E-state index contributed by atoms with van der Waals surface area (Å²) in [6.07, 6.45) is 7.95. The summed E-state index contributed by atoms with van der Waals surface area (Å²) < 4.78 is 7.44. The third-order valence-corrected chi connectivity index (χ3v) is 4.60. The van der Waals surface area contributed by atoms with Crippen LogP contribution in [-0.4, -0.2) is 29.8 Å². The normalized spacial score (nSPS) is 27.0. The molecular formula is C15H27N3O. The lowest BCUT2D eigenvalue weighted by Crippen LogP contribution is -2.23. The molecule has 1 heterocycles. The number of aromatic nitrogens is 2. The predicted octanol–water partition coefficient (Wildman–Crippen LogP) is 2.62. The molecule has 0 spiro atoms. The quantitative estimate of drug-likeness (QED) is 0.770.